The lowest BCUT2D eigenvalue weighted by molar-refractivity contribution is -0.114. The molecule has 10 heteroatoms. The summed E-state index contributed by atoms with van der Waals surface area (Å²) < 4.78 is 21.4. The zero-order valence-electron chi connectivity index (χ0n) is 20.5. The van der Waals surface area contributed by atoms with Crippen LogP contribution in [0.1, 0.15) is 18.2 Å². The highest BCUT2D eigenvalue weighted by Gasteiger charge is 2.24. The number of benzene rings is 2. The van der Waals surface area contributed by atoms with E-state index >= 15 is 0 Å². The minimum Gasteiger partial charge on any atom is -0.421 e. The largest absolute Gasteiger partial charge is 0.421 e. The molecule has 0 saturated heterocycles. The van der Waals surface area contributed by atoms with Crippen LogP contribution in [-0.4, -0.2) is 33.4 Å². The van der Waals surface area contributed by atoms with Crippen LogP contribution in [0.5, 0.6) is 0 Å². The van der Waals surface area contributed by atoms with Gasteiger partial charge in [0.15, 0.2) is 5.58 Å². The molecule has 0 aliphatic carbocycles. The molecule has 9 nitrogen and oxygen atoms in total. The summed E-state index contributed by atoms with van der Waals surface area (Å²) in [5.74, 6) is -0.872. The van der Waals surface area contributed by atoms with Crippen molar-refractivity contribution in [2.75, 3.05) is 17.2 Å². The van der Waals surface area contributed by atoms with Gasteiger partial charge in [-0.1, -0.05) is 24.3 Å². The Bertz CT molecular complexity index is 1630. The Balaban J connectivity index is 2.12. The van der Waals surface area contributed by atoms with Crippen molar-refractivity contribution < 1.29 is 23.8 Å². The number of fused-ring (bicyclic) bond motifs is 1. The number of amides is 1. The van der Waals surface area contributed by atoms with E-state index in [1.165, 1.54) is 36.6 Å². The summed E-state index contributed by atoms with van der Waals surface area (Å²) in [5.41, 5.74) is 0.520. The number of aliphatic hydroxyl groups is 2. The average molecular weight is 508 g/mol. The molecular weight excluding hydrogens is 481 g/mol. The van der Waals surface area contributed by atoms with Gasteiger partial charge in [0.25, 0.3) is 5.56 Å². The zero-order chi connectivity index (χ0) is 26.9. The number of carbonyl (C=O) groups is 1. The molecule has 37 heavy (non-hydrogen) atoms. The number of anilines is 3. The molecule has 4 aromatic rings. The summed E-state index contributed by atoms with van der Waals surface area (Å²) >= 11 is 0. The zero-order valence-corrected chi connectivity index (χ0v) is 20.5. The third-order valence-electron chi connectivity index (χ3n) is 6.01. The standard InChI is InChI=1S/C27H26FN3O6/c1-14-24(30-21-10-5-4-9-20(21)28)23-25(37-27(14)36)22(15(2)31(26(23)35)12-19(34)13-32)17-7-6-8-18(11-17)29-16(3)33/h4-11,19,30,32,34H,12-13H2,1-3H3,(H,29,33). The molecule has 0 saturated carbocycles. The number of aliphatic hydroxyl groups excluding tert-OH is 2. The van der Waals surface area contributed by atoms with Gasteiger partial charge in [-0.2, -0.15) is 0 Å². The normalized spacial score (nSPS) is 11.9. The van der Waals surface area contributed by atoms with Crippen molar-refractivity contribution in [3.8, 4) is 11.1 Å². The third kappa shape index (κ3) is 5.02. The molecule has 0 spiro atoms. The van der Waals surface area contributed by atoms with Crippen LogP contribution in [-0.2, 0) is 11.3 Å². The highest BCUT2D eigenvalue weighted by atomic mass is 19.1. The smallest absolute Gasteiger partial charge is 0.341 e. The van der Waals surface area contributed by atoms with E-state index in [-0.39, 0.29) is 40.4 Å². The number of halogens is 1. The van der Waals surface area contributed by atoms with Gasteiger partial charge in [-0.3, -0.25) is 9.59 Å². The minimum absolute atomic E-state index is 0.0315. The second kappa shape index (κ2) is 10.4. The first-order valence-electron chi connectivity index (χ1n) is 11.5. The fraction of sp³-hybridized carbons (Fsp3) is 0.222. The first kappa shape index (κ1) is 25.8. The van der Waals surface area contributed by atoms with Gasteiger partial charge in [0.2, 0.25) is 5.91 Å². The first-order chi connectivity index (χ1) is 17.6. The summed E-state index contributed by atoms with van der Waals surface area (Å²) in [6, 6.07) is 12.6. The van der Waals surface area contributed by atoms with Gasteiger partial charge in [-0.15, -0.1) is 0 Å². The molecule has 2 heterocycles. The van der Waals surface area contributed by atoms with E-state index in [1.807, 2.05) is 0 Å². The number of carbonyl (C=O) groups excluding carboxylic acids is 1. The first-order valence-corrected chi connectivity index (χ1v) is 11.5. The van der Waals surface area contributed by atoms with Crippen molar-refractivity contribution >= 4 is 33.9 Å². The van der Waals surface area contributed by atoms with Gasteiger partial charge < -0.3 is 29.8 Å². The number of aromatic nitrogens is 1. The summed E-state index contributed by atoms with van der Waals surface area (Å²) in [6.45, 7) is 3.62. The van der Waals surface area contributed by atoms with Crippen LogP contribution in [0.3, 0.4) is 0 Å². The van der Waals surface area contributed by atoms with E-state index in [9.17, 15) is 29.0 Å². The molecule has 1 amide bonds. The van der Waals surface area contributed by atoms with E-state index < -0.39 is 29.7 Å². The van der Waals surface area contributed by atoms with E-state index in [2.05, 4.69) is 10.6 Å². The van der Waals surface area contributed by atoms with E-state index in [0.29, 0.717) is 22.5 Å². The van der Waals surface area contributed by atoms with Crippen molar-refractivity contribution in [2.45, 2.75) is 33.4 Å². The van der Waals surface area contributed by atoms with Gasteiger partial charge in [0.1, 0.15) is 11.2 Å². The van der Waals surface area contributed by atoms with Gasteiger partial charge in [-0.05, 0) is 43.7 Å². The number of para-hydroxylation sites is 1. The minimum atomic E-state index is -1.24. The van der Waals surface area contributed by atoms with Crippen LogP contribution in [0, 0.1) is 19.7 Å². The molecule has 2 aromatic carbocycles. The Kier molecular flexibility index (Phi) is 7.23. The Hall–Kier alpha value is -4.28. The lowest BCUT2D eigenvalue weighted by Gasteiger charge is -2.21. The number of hydrogen-bond acceptors (Lipinski definition) is 7. The van der Waals surface area contributed by atoms with Crippen LogP contribution in [0.2, 0.25) is 0 Å². The fourth-order valence-corrected chi connectivity index (χ4v) is 4.23. The quantitative estimate of drug-likeness (QED) is 0.301. The molecule has 1 unspecified atom stereocenters. The Labute approximate surface area is 210 Å². The van der Waals surface area contributed by atoms with Gasteiger partial charge in [-0.25, -0.2) is 9.18 Å². The Morgan fingerprint density at radius 1 is 1.14 bits per heavy atom. The second-order valence-electron chi connectivity index (χ2n) is 8.67. The molecule has 0 aliphatic heterocycles. The monoisotopic (exact) mass is 507 g/mol. The predicted molar refractivity (Wildman–Crippen MR) is 139 cm³/mol. The SMILES string of the molecule is CC(=O)Nc1cccc(-c2c(C)n(CC(O)CO)c(=O)c3c(Nc4ccccc4F)c(C)c(=O)oc23)c1. The van der Waals surface area contributed by atoms with Crippen LogP contribution in [0.15, 0.2) is 62.5 Å². The average Bonchev–Trinajstić information content (AvgIpc) is 2.85. The molecule has 4 N–H and O–H groups in total. The van der Waals surface area contributed by atoms with Crippen LogP contribution in [0.25, 0.3) is 22.1 Å². The van der Waals surface area contributed by atoms with E-state index in [4.69, 9.17) is 4.42 Å². The van der Waals surface area contributed by atoms with Gasteiger partial charge >= 0.3 is 5.63 Å². The van der Waals surface area contributed by atoms with Crippen LogP contribution < -0.4 is 21.8 Å². The topological polar surface area (TPSA) is 134 Å². The van der Waals surface area contributed by atoms with Crippen LogP contribution in [0.4, 0.5) is 21.5 Å². The predicted octanol–water partition coefficient (Wildman–Crippen LogP) is 3.43. The summed E-state index contributed by atoms with van der Waals surface area (Å²) in [6.07, 6.45) is -1.24. The van der Waals surface area contributed by atoms with Crippen molar-refractivity contribution in [2.24, 2.45) is 0 Å². The molecule has 192 valence electrons. The maximum atomic E-state index is 14.5. The number of nitrogens with zero attached hydrogens (tertiary/aromatic N) is 1. The van der Waals surface area contributed by atoms with E-state index in [1.54, 1.807) is 37.3 Å². The maximum absolute atomic E-state index is 14.5. The number of pyridine rings is 1. The molecule has 0 bridgehead atoms. The molecule has 4 rings (SSSR count). The maximum Gasteiger partial charge on any atom is 0.341 e. The summed E-state index contributed by atoms with van der Waals surface area (Å²) in [7, 11) is 0. The highest BCUT2D eigenvalue weighted by Crippen LogP contribution is 2.36. The molecule has 0 aliphatic rings. The van der Waals surface area contributed by atoms with E-state index in [0.717, 1.165) is 0 Å². The summed E-state index contributed by atoms with van der Waals surface area (Å²) in [5, 5.41) is 25.2. The number of hydrogen-bond donors (Lipinski definition) is 4. The van der Waals surface area contributed by atoms with Crippen molar-refractivity contribution in [1.82, 2.24) is 4.57 Å². The Morgan fingerprint density at radius 2 is 1.86 bits per heavy atom. The van der Waals surface area contributed by atoms with Crippen LogP contribution >= 0.6 is 0 Å². The van der Waals surface area contributed by atoms with Crippen molar-refractivity contribution in [3.05, 3.63) is 86.4 Å². The van der Waals surface area contributed by atoms with Gasteiger partial charge in [0.05, 0.1) is 36.2 Å². The lowest BCUT2D eigenvalue weighted by atomic mass is 9.99. The number of rotatable bonds is 7. The fourth-order valence-electron chi connectivity index (χ4n) is 4.23. The Morgan fingerprint density at radius 3 is 2.54 bits per heavy atom. The molecule has 0 fully saturated rings. The van der Waals surface area contributed by atoms with Crippen molar-refractivity contribution in [3.63, 3.8) is 0 Å². The molecule has 1 atom stereocenters. The van der Waals surface area contributed by atoms with Gasteiger partial charge in [0, 0.05) is 23.9 Å². The lowest BCUT2D eigenvalue weighted by Crippen LogP contribution is -2.31. The third-order valence-corrected chi connectivity index (χ3v) is 6.01. The second-order valence-corrected chi connectivity index (χ2v) is 8.67. The molecule has 0 radical (unpaired) electrons. The molecule has 2 aromatic heterocycles. The summed E-state index contributed by atoms with van der Waals surface area (Å²) in [4.78, 5) is 38.3. The number of nitrogens with one attached hydrogen (secondary N) is 2. The van der Waals surface area contributed by atoms with Crippen molar-refractivity contribution in [1.29, 1.82) is 0 Å². The molecular formula is C27H26FN3O6. The highest BCUT2D eigenvalue weighted by molar-refractivity contribution is 6.01.